The summed E-state index contributed by atoms with van der Waals surface area (Å²) in [7, 11) is 0. The Bertz CT molecular complexity index is 606. The van der Waals surface area contributed by atoms with E-state index in [1.807, 2.05) is 0 Å². The lowest BCUT2D eigenvalue weighted by Gasteiger charge is -2.09. The quantitative estimate of drug-likeness (QED) is 0.820. The molecule has 0 fully saturated rings. The van der Waals surface area contributed by atoms with Gasteiger partial charge in [-0.05, 0) is 29.8 Å². The summed E-state index contributed by atoms with van der Waals surface area (Å²) in [6, 6.07) is 9.78. The second-order valence-electron chi connectivity index (χ2n) is 3.73. The fourth-order valence-corrected chi connectivity index (χ4v) is 2.24. The lowest BCUT2D eigenvalue weighted by Crippen LogP contribution is -2.03. The Morgan fingerprint density at radius 3 is 2.28 bits per heavy atom. The molecule has 0 heterocycles. The van der Waals surface area contributed by atoms with Crippen LogP contribution >= 0.6 is 23.2 Å². The minimum absolute atomic E-state index is 0.0589. The second-order valence-corrected chi connectivity index (χ2v) is 4.60. The topological polar surface area (TPSA) is 63.3 Å². The summed E-state index contributed by atoms with van der Waals surface area (Å²) in [5.74, 6) is -1.07. The van der Waals surface area contributed by atoms with E-state index in [1.165, 1.54) is 6.07 Å². The van der Waals surface area contributed by atoms with Gasteiger partial charge in [0, 0.05) is 15.6 Å². The lowest BCUT2D eigenvalue weighted by molar-refractivity contribution is 0.0698. The van der Waals surface area contributed by atoms with Crippen molar-refractivity contribution in [3.63, 3.8) is 0 Å². The highest BCUT2D eigenvalue weighted by molar-refractivity contribution is 6.35. The van der Waals surface area contributed by atoms with E-state index in [2.05, 4.69) is 0 Å². The summed E-state index contributed by atoms with van der Waals surface area (Å²) in [6.45, 7) is 0. The summed E-state index contributed by atoms with van der Waals surface area (Å²) in [6.07, 6.45) is 0. The molecule has 0 aromatic heterocycles. The van der Waals surface area contributed by atoms with Gasteiger partial charge in [-0.2, -0.15) is 0 Å². The van der Waals surface area contributed by atoms with Crippen molar-refractivity contribution in [3.05, 3.63) is 52.0 Å². The number of halogens is 2. The number of carboxylic acid groups (broad SMARTS) is 1. The zero-order chi connectivity index (χ0) is 13.3. The number of carboxylic acids is 1. The third-order valence-electron chi connectivity index (χ3n) is 2.51. The number of benzene rings is 2. The van der Waals surface area contributed by atoms with Gasteiger partial charge in [-0.15, -0.1) is 0 Å². The van der Waals surface area contributed by atoms with Gasteiger partial charge in [0.25, 0.3) is 0 Å². The van der Waals surface area contributed by atoms with Gasteiger partial charge in [-0.1, -0.05) is 35.3 Å². The Hall–Kier alpha value is -1.71. The molecule has 3 nitrogen and oxygen atoms in total. The summed E-state index contributed by atoms with van der Waals surface area (Å²) >= 11 is 11.8. The monoisotopic (exact) mass is 281 g/mol. The number of anilines is 1. The smallest absolute Gasteiger partial charge is 0.337 e. The molecule has 3 N–H and O–H groups in total. The van der Waals surface area contributed by atoms with Gasteiger partial charge in [0.05, 0.1) is 11.3 Å². The van der Waals surface area contributed by atoms with E-state index in [9.17, 15) is 4.79 Å². The van der Waals surface area contributed by atoms with Crippen LogP contribution in [0.1, 0.15) is 10.4 Å². The average Bonchev–Trinajstić information content (AvgIpc) is 2.27. The van der Waals surface area contributed by atoms with Crippen molar-refractivity contribution < 1.29 is 9.90 Å². The molecule has 0 aliphatic heterocycles. The van der Waals surface area contributed by atoms with Gasteiger partial charge in [0.2, 0.25) is 0 Å². The van der Waals surface area contributed by atoms with Gasteiger partial charge >= 0.3 is 5.97 Å². The van der Waals surface area contributed by atoms with Gasteiger partial charge in [0.1, 0.15) is 0 Å². The summed E-state index contributed by atoms with van der Waals surface area (Å²) in [4.78, 5) is 11.0. The van der Waals surface area contributed by atoms with E-state index in [0.717, 1.165) is 0 Å². The van der Waals surface area contributed by atoms with Crippen molar-refractivity contribution >= 4 is 34.9 Å². The van der Waals surface area contributed by atoms with Crippen molar-refractivity contribution in [2.24, 2.45) is 0 Å². The van der Waals surface area contributed by atoms with Gasteiger partial charge < -0.3 is 10.8 Å². The molecule has 0 spiro atoms. The van der Waals surface area contributed by atoms with Crippen LogP contribution in [-0.2, 0) is 0 Å². The SMILES string of the molecule is Nc1c(C(=O)O)cccc1-c1cc(Cl)cc(Cl)c1. The average molecular weight is 282 g/mol. The lowest BCUT2D eigenvalue weighted by atomic mass is 10.0. The Morgan fingerprint density at radius 1 is 1.11 bits per heavy atom. The number of nitrogen functional groups attached to an aromatic ring is 1. The van der Waals surface area contributed by atoms with Crippen LogP contribution in [0.15, 0.2) is 36.4 Å². The van der Waals surface area contributed by atoms with E-state index in [4.69, 9.17) is 34.0 Å². The Balaban J connectivity index is 2.64. The first-order chi connectivity index (χ1) is 8.49. The van der Waals surface area contributed by atoms with Crippen molar-refractivity contribution in [1.82, 2.24) is 0 Å². The fourth-order valence-electron chi connectivity index (χ4n) is 1.71. The molecule has 2 aromatic rings. The molecule has 92 valence electrons. The number of carbonyl (C=O) groups is 1. The summed E-state index contributed by atoms with van der Waals surface area (Å²) in [5, 5.41) is 9.95. The first-order valence-corrected chi connectivity index (χ1v) is 5.83. The van der Waals surface area contributed by atoms with Gasteiger partial charge in [-0.3, -0.25) is 0 Å². The molecule has 5 heteroatoms. The molecular weight excluding hydrogens is 273 g/mol. The van der Waals surface area contributed by atoms with E-state index in [-0.39, 0.29) is 11.3 Å². The highest BCUT2D eigenvalue weighted by Gasteiger charge is 2.12. The van der Waals surface area contributed by atoms with Crippen LogP contribution in [0.5, 0.6) is 0 Å². The van der Waals surface area contributed by atoms with Crippen LogP contribution in [0, 0.1) is 0 Å². The molecule has 0 atom stereocenters. The number of para-hydroxylation sites is 1. The van der Waals surface area contributed by atoms with Crippen LogP contribution < -0.4 is 5.73 Å². The normalized spacial score (nSPS) is 10.3. The van der Waals surface area contributed by atoms with Crippen LogP contribution in [0.2, 0.25) is 10.0 Å². The fraction of sp³-hybridized carbons (Fsp3) is 0. The molecule has 18 heavy (non-hydrogen) atoms. The number of rotatable bonds is 2. The third-order valence-corrected chi connectivity index (χ3v) is 2.95. The van der Waals surface area contributed by atoms with E-state index < -0.39 is 5.97 Å². The second kappa shape index (κ2) is 4.88. The molecule has 0 bridgehead atoms. The first kappa shape index (κ1) is 12.7. The predicted molar refractivity (Wildman–Crippen MR) is 73.3 cm³/mol. The largest absolute Gasteiger partial charge is 0.478 e. The Morgan fingerprint density at radius 2 is 1.72 bits per heavy atom. The van der Waals surface area contributed by atoms with Crippen LogP contribution in [0.3, 0.4) is 0 Å². The summed E-state index contributed by atoms with van der Waals surface area (Å²) in [5.41, 5.74) is 7.39. The molecule has 0 amide bonds. The predicted octanol–water partition coefficient (Wildman–Crippen LogP) is 3.94. The molecule has 0 radical (unpaired) electrons. The number of nitrogens with two attached hydrogens (primary N) is 1. The highest BCUT2D eigenvalue weighted by atomic mass is 35.5. The first-order valence-electron chi connectivity index (χ1n) is 5.07. The van der Waals surface area contributed by atoms with Gasteiger partial charge in [0.15, 0.2) is 0 Å². The zero-order valence-electron chi connectivity index (χ0n) is 9.15. The van der Waals surface area contributed by atoms with E-state index in [1.54, 1.807) is 30.3 Å². The molecule has 0 saturated carbocycles. The summed E-state index contributed by atoms with van der Waals surface area (Å²) < 4.78 is 0. The van der Waals surface area contributed by atoms with Crippen LogP contribution in [0.4, 0.5) is 5.69 Å². The molecular formula is C13H9Cl2NO2. The molecule has 2 rings (SSSR count). The van der Waals surface area contributed by atoms with Crippen molar-refractivity contribution in [3.8, 4) is 11.1 Å². The molecule has 0 aliphatic carbocycles. The van der Waals surface area contributed by atoms with Gasteiger partial charge in [-0.25, -0.2) is 4.79 Å². The Labute approximate surface area is 114 Å². The number of hydrogen-bond donors (Lipinski definition) is 2. The molecule has 2 aromatic carbocycles. The Kier molecular flexibility index (Phi) is 3.45. The van der Waals surface area contributed by atoms with Crippen molar-refractivity contribution in [2.75, 3.05) is 5.73 Å². The maximum atomic E-state index is 11.0. The highest BCUT2D eigenvalue weighted by Crippen LogP contribution is 2.32. The maximum Gasteiger partial charge on any atom is 0.337 e. The standard InChI is InChI=1S/C13H9Cl2NO2/c14-8-4-7(5-9(15)6-8)10-2-1-3-11(12(10)16)13(17)18/h1-6H,16H2,(H,17,18). The number of hydrogen-bond acceptors (Lipinski definition) is 2. The minimum atomic E-state index is -1.07. The van der Waals surface area contributed by atoms with Crippen molar-refractivity contribution in [2.45, 2.75) is 0 Å². The minimum Gasteiger partial charge on any atom is -0.478 e. The van der Waals surface area contributed by atoms with E-state index >= 15 is 0 Å². The number of aromatic carboxylic acids is 1. The maximum absolute atomic E-state index is 11.0. The van der Waals surface area contributed by atoms with E-state index in [0.29, 0.717) is 21.2 Å². The zero-order valence-corrected chi connectivity index (χ0v) is 10.7. The molecule has 0 aliphatic rings. The van der Waals surface area contributed by atoms with Crippen LogP contribution in [0.25, 0.3) is 11.1 Å². The van der Waals surface area contributed by atoms with Crippen LogP contribution in [-0.4, -0.2) is 11.1 Å². The van der Waals surface area contributed by atoms with Crippen molar-refractivity contribution in [1.29, 1.82) is 0 Å². The molecule has 0 unspecified atom stereocenters. The molecule has 0 saturated heterocycles. The third kappa shape index (κ3) is 2.42.